The first-order chi connectivity index (χ1) is 8.98. The number of halogens is 1. The first-order valence-corrected chi connectivity index (χ1v) is 6.73. The second-order valence-corrected chi connectivity index (χ2v) is 5.62. The predicted molar refractivity (Wildman–Crippen MR) is 72.9 cm³/mol. The zero-order chi connectivity index (χ0) is 13.9. The molecular weight excluding hydrogens is 316 g/mol. The zero-order valence-corrected chi connectivity index (χ0v) is 11.9. The third-order valence-electron chi connectivity index (χ3n) is 3.02. The van der Waals surface area contributed by atoms with Crippen molar-refractivity contribution in [2.75, 3.05) is 19.8 Å². The molecule has 7 heteroatoms. The third kappa shape index (κ3) is 3.97. The predicted octanol–water partition coefficient (Wildman–Crippen LogP) is 1.60. The van der Waals surface area contributed by atoms with Gasteiger partial charge >= 0.3 is 0 Å². The minimum Gasteiger partial charge on any atom is -0.386 e. The second-order valence-electron chi connectivity index (χ2n) is 4.71. The van der Waals surface area contributed by atoms with E-state index >= 15 is 0 Å². The molecule has 1 fully saturated rings. The Morgan fingerprint density at radius 3 is 2.95 bits per heavy atom. The minimum atomic E-state index is -0.821. The lowest BCUT2D eigenvalue weighted by Crippen LogP contribution is -2.40. The molecule has 1 unspecified atom stereocenters. The van der Waals surface area contributed by atoms with E-state index in [4.69, 9.17) is 4.74 Å². The average molecular weight is 331 g/mol. The maximum absolute atomic E-state index is 10.7. The number of ether oxygens (including phenoxy) is 1. The Hall–Kier alpha value is -1.02. The van der Waals surface area contributed by atoms with E-state index in [1.807, 2.05) is 6.07 Å². The van der Waals surface area contributed by atoms with E-state index in [1.54, 1.807) is 0 Å². The van der Waals surface area contributed by atoms with Crippen molar-refractivity contribution in [2.45, 2.75) is 18.6 Å². The molecule has 1 atom stereocenters. The average Bonchev–Trinajstić information content (AvgIpc) is 2.75. The van der Waals surface area contributed by atoms with Crippen LogP contribution in [0.1, 0.15) is 12.0 Å². The lowest BCUT2D eigenvalue weighted by atomic mass is 10.0. The summed E-state index contributed by atoms with van der Waals surface area (Å²) in [4.78, 5) is 10.3. The fraction of sp³-hybridized carbons (Fsp3) is 0.500. The number of non-ortho nitro benzene ring substituents is 1. The summed E-state index contributed by atoms with van der Waals surface area (Å²) in [6.07, 6.45) is 0.610. The van der Waals surface area contributed by atoms with E-state index in [1.165, 1.54) is 12.1 Å². The summed E-state index contributed by atoms with van der Waals surface area (Å²) in [5.74, 6) is 0. The molecule has 6 nitrogen and oxygen atoms in total. The van der Waals surface area contributed by atoms with Crippen molar-refractivity contribution in [1.29, 1.82) is 0 Å². The van der Waals surface area contributed by atoms with Crippen LogP contribution in [0.5, 0.6) is 0 Å². The Kier molecular flexibility index (Phi) is 4.51. The van der Waals surface area contributed by atoms with Crippen molar-refractivity contribution < 1.29 is 14.8 Å². The van der Waals surface area contributed by atoms with Crippen LogP contribution in [0.15, 0.2) is 22.7 Å². The van der Waals surface area contributed by atoms with E-state index < -0.39 is 10.5 Å². The number of hydrogen-bond donors (Lipinski definition) is 2. The molecule has 19 heavy (non-hydrogen) atoms. The van der Waals surface area contributed by atoms with Crippen LogP contribution in [0.2, 0.25) is 0 Å². The van der Waals surface area contributed by atoms with Crippen molar-refractivity contribution in [3.8, 4) is 0 Å². The van der Waals surface area contributed by atoms with Crippen LogP contribution in [0.25, 0.3) is 0 Å². The van der Waals surface area contributed by atoms with Gasteiger partial charge in [-0.2, -0.15) is 0 Å². The Balaban J connectivity index is 1.94. The normalized spacial score (nSPS) is 22.6. The molecule has 0 aromatic heterocycles. The summed E-state index contributed by atoms with van der Waals surface area (Å²) in [6, 6.07) is 4.80. The van der Waals surface area contributed by atoms with Crippen LogP contribution >= 0.6 is 15.9 Å². The van der Waals surface area contributed by atoms with Crippen molar-refractivity contribution >= 4 is 21.6 Å². The summed E-state index contributed by atoms with van der Waals surface area (Å²) in [6.45, 7) is 1.77. The lowest BCUT2D eigenvalue weighted by Gasteiger charge is -2.20. The summed E-state index contributed by atoms with van der Waals surface area (Å²) in [7, 11) is 0. The van der Waals surface area contributed by atoms with Gasteiger partial charge in [0, 0.05) is 42.7 Å². The van der Waals surface area contributed by atoms with Gasteiger partial charge in [0.25, 0.3) is 5.69 Å². The lowest BCUT2D eigenvalue weighted by molar-refractivity contribution is -0.385. The molecule has 2 rings (SSSR count). The van der Waals surface area contributed by atoms with Gasteiger partial charge in [-0.05, 0) is 11.6 Å². The molecule has 1 aromatic carbocycles. The van der Waals surface area contributed by atoms with E-state index in [-0.39, 0.29) is 5.69 Å². The van der Waals surface area contributed by atoms with E-state index in [2.05, 4.69) is 21.2 Å². The highest BCUT2D eigenvalue weighted by molar-refractivity contribution is 9.10. The molecule has 1 heterocycles. The van der Waals surface area contributed by atoms with Crippen molar-refractivity contribution in [2.24, 2.45) is 0 Å². The van der Waals surface area contributed by atoms with Crippen LogP contribution in [-0.2, 0) is 11.3 Å². The summed E-state index contributed by atoms with van der Waals surface area (Å²) < 4.78 is 5.81. The zero-order valence-electron chi connectivity index (χ0n) is 10.3. The molecule has 0 spiro atoms. The Labute approximate surface area is 119 Å². The number of nitrogens with zero attached hydrogens (tertiary/aromatic N) is 1. The smallest absolute Gasteiger partial charge is 0.270 e. The van der Waals surface area contributed by atoms with Gasteiger partial charge in [0.1, 0.15) is 5.60 Å². The second kappa shape index (κ2) is 5.96. The maximum atomic E-state index is 10.7. The largest absolute Gasteiger partial charge is 0.386 e. The van der Waals surface area contributed by atoms with Crippen molar-refractivity contribution in [3.63, 3.8) is 0 Å². The highest BCUT2D eigenvalue weighted by Crippen LogP contribution is 2.22. The molecule has 104 valence electrons. The van der Waals surface area contributed by atoms with Crippen LogP contribution < -0.4 is 5.32 Å². The molecule has 1 aliphatic rings. The molecule has 1 aromatic rings. The standard InChI is InChI=1S/C12H15BrN2O4/c13-10-3-9(4-11(5-10)15(17)18)6-14-7-12(16)1-2-19-8-12/h3-5,14,16H,1-2,6-8H2. The van der Waals surface area contributed by atoms with Gasteiger partial charge in [-0.15, -0.1) is 0 Å². The fourth-order valence-corrected chi connectivity index (χ4v) is 2.54. The highest BCUT2D eigenvalue weighted by atomic mass is 79.9. The number of hydrogen-bond acceptors (Lipinski definition) is 5. The maximum Gasteiger partial charge on any atom is 0.270 e. The van der Waals surface area contributed by atoms with Gasteiger partial charge < -0.3 is 15.2 Å². The number of rotatable bonds is 5. The van der Waals surface area contributed by atoms with Crippen LogP contribution in [0, 0.1) is 10.1 Å². The van der Waals surface area contributed by atoms with Crippen LogP contribution in [-0.4, -0.2) is 35.4 Å². The molecule has 0 radical (unpaired) electrons. The van der Waals surface area contributed by atoms with E-state index in [0.717, 1.165) is 5.56 Å². The first kappa shape index (κ1) is 14.4. The molecule has 0 amide bonds. The van der Waals surface area contributed by atoms with Crippen molar-refractivity contribution in [1.82, 2.24) is 5.32 Å². The van der Waals surface area contributed by atoms with Crippen LogP contribution in [0.3, 0.4) is 0 Å². The van der Waals surface area contributed by atoms with Gasteiger partial charge in [0.05, 0.1) is 11.5 Å². The molecular formula is C12H15BrN2O4. The summed E-state index contributed by atoms with van der Waals surface area (Å²) >= 11 is 3.25. The number of benzene rings is 1. The molecule has 1 aliphatic heterocycles. The van der Waals surface area contributed by atoms with Crippen molar-refractivity contribution in [3.05, 3.63) is 38.3 Å². The van der Waals surface area contributed by atoms with Crippen LogP contribution in [0.4, 0.5) is 5.69 Å². The molecule has 2 N–H and O–H groups in total. The monoisotopic (exact) mass is 330 g/mol. The fourth-order valence-electron chi connectivity index (χ4n) is 2.02. The summed E-state index contributed by atoms with van der Waals surface area (Å²) in [5, 5.41) is 23.9. The number of nitro groups is 1. The molecule has 0 bridgehead atoms. The van der Waals surface area contributed by atoms with Gasteiger partial charge in [0.2, 0.25) is 0 Å². The van der Waals surface area contributed by atoms with E-state index in [9.17, 15) is 15.2 Å². The molecule has 0 saturated carbocycles. The highest BCUT2D eigenvalue weighted by Gasteiger charge is 2.31. The number of nitrogens with one attached hydrogen (secondary N) is 1. The Morgan fingerprint density at radius 2 is 2.32 bits per heavy atom. The Morgan fingerprint density at radius 1 is 1.53 bits per heavy atom. The van der Waals surface area contributed by atoms with Gasteiger partial charge in [-0.3, -0.25) is 10.1 Å². The number of aliphatic hydroxyl groups is 1. The van der Waals surface area contributed by atoms with Gasteiger partial charge in [0.15, 0.2) is 0 Å². The van der Waals surface area contributed by atoms with Gasteiger partial charge in [-0.25, -0.2) is 0 Å². The Bertz CT molecular complexity index is 475. The molecule has 1 saturated heterocycles. The first-order valence-electron chi connectivity index (χ1n) is 5.93. The topological polar surface area (TPSA) is 84.6 Å². The molecule has 0 aliphatic carbocycles. The quantitative estimate of drug-likeness (QED) is 0.632. The SMILES string of the molecule is O=[N+]([O-])c1cc(Br)cc(CNCC2(O)CCOC2)c1. The van der Waals surface area contributed by atoms with Gasteiger partial charge in [-0.1, -0.05) is 15.9 Å². The van der Waals surface area contributed by atoms with E-state index in [0.29, 0.717) is 37.2 Å². The number of nitro benzene ring substituents is 1. The third-order valence-corrected chi connectivity index (χ3v) is 3.48. The minimum absolute atomic E-state index is 0.0501. The summed E-state index contributed by atoms with van der Waals surface area (Å²) in [5.41, 5.74) is 0.0236.